The maximum Gasteiger partial charge on any atom is 0.253 e. The first-order chi connectivity index (χ1) is 13.6. The quantitative estimate of drug-likeness (QED) is 0.787. The predicted molar refractivity (Wildman–Crippen MR) is 107 cm³/mol. The van der Waals surface area contributed by atoms with Crippen LogP contribution in [0.3, 0.4) is 0 Å². The fourth-order valence-electron chi connectivity index (χ4n) is 4.24. The number of rotatable bonds is 5. The van der Waals surface area contributed by atoms with Gasteiger partial charge in [-0.25, -0.2) is 4.98 Å². The number of likely N-dealkylation sites (N-methyl/N-ethyl adjacent to an activating group) is 1. The first kappa shape index (κ1) is 18.8. The summed E-state index contributed by atoms with van der Waals surface area (Å²) in [6.07, 6.45) is 8.89. The molecule has 4 heterocycles. The van der Waals surface area contributed by atoms with Crippen LogP contribution in [0.5, 0.6) is 0 Å². The van der Waals surface area contributed by atoms with E-state index >= 15 is 0 Å². The maximum atomic E-state index is 12.5. The molecule has 2 aliphatic heterocycles. The molecule has 0 N–H and O–H groups in total. The number of carbonyl (C=O) groups is 1. The molecule has 2 aromatic heterocycles. The highest BCUT2D eigenvalue weighted by Gasteiger charge is 2.30. The minimum absolute atomic E-state index is 0.0117. The number of likely N-dealkylation sites (tertiary alicyclic amines) is 2. The normalized spacial score (nSPS) is 21.4. The third-order valence-electron chi connectivity index (χ3n) is 6.10. The van der Waals surface area contributed by atoms with Crippen molar-refractivity contribution in [3.63, 3.8) is 0 Å². The van der Waals surface area contributed by atoms with Crippen LogP contribution in [0.2, 0.25) is 0 Å². The summed E-state index contributed by atoms with van der Waals surface area (Å²) in [5, 5.41) is 0. The van der Waals surface area contributed by atoms with Crippen LogP contribution in [0, 0.1) is 5.92 Å². The molecule has 7 nitrogen and oxygen atoms in total. The van der Waals surface area contributed by atoms with Crippen LogP contribution in [-0.2, 0) is 11.3 Å². The van der Waals surface area contributed by atoms with E-state index in [1.54, 1.807) is 29.4 Å². The molecule has 148 valence electrons. The van der Waals surface area contributed by atoms with E-state index in [4.69, 9.17) is 0 Å². The molecule has 0 saturated carbocycles. The van der Waals surface area contributed by atoms with Crippen LogP contribution < -0.4 is 5.56 Å². The van der Waals surface area contributed by atoms with Gasteiger partial charge in [-0.1, -0.05) is 0 Å². The van der Waals surface area contributed by atoms with Gasteiger partial charge in [0.15, 0.2) is 0 Å². The molecule has 7 heteroatoms. The highest BCUT2D eigenvalue weighted by atomic mass is 16.2. The first-order valence-electron chi connectivity index (χ1n) is 10.0. The predicted octanol–water partition coefficient (Wildman–Crippen LogP) is 1.64. The van der Waals surface area contributed by atoms with Crippen LogP contribution >= 0.6 is 0 Å². The Morgan fingerprint density at radius 1 is 1.14 bits per heavy atom. The van der Waals surface area contributed by atoms with Crippen LogP contribution in [0.4, 0.5) is 0 Å². The van der Waals surface area contributed by atoms with E-state index in [9.17, 15) is 9.59 Å². The Hall–Kier alpha value is -2.54. The molecule has 0 spiro atoms. The number of nitrogens with zero attached hydrogens (tertiary/aromatic N) is 5. The van der Waals surface area contributed by atoms with Gasteiger partial charge in [0.2, 0.25) is 5.91 Å². The van der Waals surface area contributed by atoms with Crippen molar-refractivity contribution in [3.05, 3.63) is 47.3 Å². The van der Waals surface area contributed by atoms with Crippen molar-refractivity contribution < 1.29 is 4.79 Å². The molecule has 2 aliphatic rings. The SMILES string of the molecule is CN1C(=O)CCC1CN1CCC(Cn2cnc(-c3cccnc3)cc2=O)CC1. The Balaban J connectivity index is 1.31. The van der Waals surface area contributed by atoms with E-state index in [1.165, 1.54) is 0 Å². The second-order valence-corrected chi connectivity index (χ2v) is 7.95. The van der Waals surface area contributed by atoms with E-state index in [-0.39, 0.29) is 11.5 Å². The lowest BCUT2D eigenvalue weighted by molar-refractivity contribution is -0.127. The monoisotopic (exact) mass is 381 g/mol. The van der Waals surface area contributed by atoms with Crippen molar-refractivity contribution in [1.82, 2.24) is 24.3 Å². The Kier molecular flexibility index (Phi) is 5.52. The summed E-state index contributed by atoms with van der Waals surface area (Å²) < 4.78 is 1.73. The van der Waals surface area contributed by atoms with Gasteiger partial charge in [-0.05, 0) is 50.4 Å². The summed E-state index contributed by atoms with van der Waals surface area (Å²) in [5.74, 6) is 0.754. The van der Waals surface area contributed by atoms with Gasteiger partial charge >= 0.3 is 0 Å². The number of aromatic nitrogens is 3. The highest BCUT2D eigenvalue weighted by molar-refractivity contribution is 5.78. The summed E-state index contributed by atoms with van der Waals surface area (Å²) >= 11 is 0. The van der Waals surface area contributed by atoms with Crippen molar-refractivity contribution in [2.24, 2.45) is 5.92 Å². The van der Waals surface area contributed by atoms with Crippen LogP contribution in [0.1, 0.15) is 25.7 Å². The number of carbonyl (C=O) groups excluding carboxylic acids is 1. The molecule has 2 saturated heterocycles. The molecule has 0 aliphatic carbocycles. The molecule has 2 fully saturated rings. The maximum absolute atomic E-state index is 12.5. The molecule has 1 unspecified atom stereocenters. The van der Waals surface area contributed by atoms with Gasteiger partial charge in [0.05, 0.1) is 12.0 Å². The molecule has 2 aromatic rings. The van der Waals surface area contributed by atoms with E-state index in [2.05, 4.69) is 14.9 Å². The van der Waals surface area contributed by atoms with Crippen molar-refractivity contribution in [1.29, 1.82) is 0 Å². The Labute approximate surface area is 165 Å². The van der Waals surface area contributed by atoms with Gasteiger partial charge in [-0.15, -0.1) is 0 Å². The van der Waals surface area contributed by atoms with Gasteiger partial charge in [0.1, 0.15) is 0 Å². The van der Waals surface area contributed by atoms with Gasteiger partial charge in [0, 0.05) is 56.6 Å². The number of piperidine rings is 1. The lowest BCUT2D eigenvalue weighted by atomic mass is 9.96. The average molecular weight is 381 g/mol. The van der Waals surface area contributed by atoms with Crippen LogP contribution in [-0.4, -0.2) is 63.0 Å². The second-order valence-electron chi connectivity index (χ2n) is 7.95. The summed E-state index contributed by atoms with van der Waals surface area (Å²) in [4.78, 5) is 37.1. The summed E-state index contributed by atoms with van der Waals surface area (Å²) in [6, 6.07) is 5.70. The van der Waals surface area contributed by atoms with Gasteiger partial charge in [-0.3, -0.25) is 19.1 Å². The Bertz CT molecular complexity index is 874. The molecule has 0 bridgehead atoms. The lowest BCUT2D eigenvalue weighted by Gasteiger charge is -2.35. The molecule has 0 radical (unpaired) electrons. The smallest absolute Gasteiger partial charge is 0.253 e. The fraction of sp³-hybridized carbons (Fsp3) is 0.524. The number of hydrogen-bond acceptors (Lipinski definition) is 5. The van der Waals surface area contributed by atoms with E-state index in [0.29, 0.717) is 24.1 Å². The van der Waals surface area contributed by atoms with E-state index in [0.717, 1.165) is 51.0 Å². The molecule has 28 heavy (non-hydrogen) atoms. The third-order valence-corrected chi connectivity index (χ3v) is 6.10. The zero-order valence-electron chi connectivity index (χ0n) is 16.3. The minimum Gasteiger partial charge on any atom is -0.341 e. The van der Waals surface area contributed by atoms with Crippen molar-refractivity contribution in [3.8, 4) is 11.3 Å². The van der Waals surface area contributed by atoms with Gasteiger partial charge in [-0.2, -0.15) is 0 Å². The van der Waals surface area contributed by atoms with Crippen molar-refractivity contribution in [2.45, 2.75) is 38.3 Å². The fourth-order valence-corrected chi connectivity index (χ4v) is 4.24. The highest BCUT2D eigenvalue weighted by Crippen LogP contribution is 2.23. The van der Waals surface area contributed by atoms with Crippen molar-refractivity contribution >= 4 is 5.91 Å². The van der Waals surface area contributed by atoms with Crippen LogP contribution in [0.25, 0.3) is 11.3 Å². The summed E-state index contributed by atoms with van der Waals surface area (Å²) in [5.41, 5.74) is 1.51. The Morgan fingerprint density at radius 3 is 2.61 bits per heavy atom. The van der Waals surface area contributed by atoms with E-state index < -0.39 is 0 Å². The van der Waals surface area contributed by atoms with Gasteiger partial charge in [0.25, 0.3) is 5.56 Å². The largest absolute Gasteiger partial charge is 0.341 e. The first-order valence-corrected chi connectivity index (χ1v) is 10.0. The molecule has 1 atom stereocenters. The molecular formula is C21H27N5O2. The molecule has 4 rings (SSSR count). The minimum atomic E-state index is -0.0117. The molecule has 1 amide bonds. The Morgan fingerprint density at radius 2 is 1.96 bits per heavy atom. The number of amides is 1. The average Bonchev–Trinajstić information content (AvgIpc) is 3.03. The number of hydrogen-bond donors (Lipinski definition) is 0. The lowest BCUT2D eigenvalue weighted by Crippen LogP contribution is -2.44. The zero-order valence-corrected chi connectivity index (χ0v) is 16.3. The topological polar surface area (TPSA) is 71.3 Å². The summed E-state index contributed by atoms with van der Waals surface area (Å²) in [7, 11) is 1.92. The summed E-state index contributed by atoms with van der Waals surface area (Å²) in [6.45, 7) is 3.74. The van der Waals surface area contributed by atoms with Gasteiger partial charge < -0.3 is 9.80 Å². The number of pyridine rings is 1. The molecular weight excluding hydrogens is 354 g/mol. The second kappa shape index (κ2) is 8.22. The van der Waals surface area contributed by atoms with Crippen molar-refractivity contribution in [2.75, 3.05) is 26.7 Å². The standard InChI is InChI=1S/C21H27N5O2/c1-24-18(4-5-20(24)27)14-25-9-6-16(7-10-25)13-26-15-23-19(11-21(26)28)17-3-2-8-22-12-17/h2-3,8,11-12,15-16,18H,4-7,9-10,13-14H2,1H3. The van der Waals surface area contributed by atoms with Crippen LogP contribution in [0.15, 0.2) is 41.7 Å². The third kappa shape index (κ3) is 4.14. The molecule has 0 aromatic carbocycles. The van der Waals surface area contributed by atoms with E-state index in [1.807, 2.05) is 24.1 Å². The zero-order chi connectivity index (χ0) is 19.5.